The van der Waals surface area contributed by atoms with Crippen LogP contribution in [0.1, 0.15) is 203 Å². The Hall–Kier alpha value is -1.99. The summed E-state index contributed by atoms with van der Waals surface area (Å²) in [5, 5.41) is 79.4. The lowest BCUT2D eigenvalue weighted by atomic mass is 9.74. The Morgan fingerprint density at radius 3 is 0.734 bits per heavy atom. The van der Waals surface area contributed by atoms with Crippen LogP contribution in [-0.4, -0.2) is 126 Å². The van der Waals surface area contributed by atoms with E-state index in [-0.39, 0.29) is 30.2 Å². The molecule has 363 valence electrons. The van der Waals surface area contributed by atoms with Crippen LogP contribution in [0.25, 0.3) is 0 Å². The lowest BCUT2D eigenvalue weighted by Gasteiger charge is -2.58. The summed E-state index contributed by atoms with van der Waals surface area (Å²) < 4.78 is 0. The smallest absolute Gasteiger partial charge is 0.232 e. The molecule has 0 atom stereocenters. The van der Waals surface area contributed by atoms with E-state index >= 15 is 0 Å². The van der Waals surface area contributed by atoms with Gasteiger partial charge in [-0.3, -0.25) is 0 Å². The van der Waals surface area contributed by atoms with Gasteiger partial charge in [0.2, 0.25) is 17.8 Å². The quantitative estimate of drug-likeness (QED) is 0.264. The molecule has 0 aliphatic carbocycles. The first-order valence-corrected chi connectivity index (χ1v) is 24.1. The fourth-order valence-corrected chi connectivity index (χ4v) is 14.1. The molecule has 6 heterocycles. The number of rotatable bonds is 8. The van der Waals surface area contributed by atoms with E-state index in [1.807, 2.05) is 138 Å². The van der Waals surface area contributed by atoms with Crippen LogP contribution in [0.5, 0.6) is 0 Å². The average molecular weight is 897 g/mol. The van der Waals surface area contributed by atoms with E-state index in [1.54, 1.807) is 0 Å². The number of nitrogens with zero attached hydrogens (tertiary/aromatic N) is 10. The lowest BCUT2D eigenvalue weighted by molar-refractivity contribution is -0.294. The van der Waals surface area contributed by atoms with Gasteiger partial charge in [-0.15, -0.1) is 51.4 Å². The molecule has 1 aromatic heterocycles. The molecule has 0 amide bonds. The maximum absolute atomic E-state index is 14.0. The molecule has 5 aliphatic heterocycles. The van der Waals surface area contributed by atoms with Gasteiger partial charge in [0.1, 0.15) is 0 Å². The van der Waals surface area contributed by atoms with Crippen LogP contribution in [-0.2, 0) is 26.0 Å². The molecule has 6 rings (SSSR count). The second kappa shape index (κ2) is 16.0. The topological polar surface area (TPSA) is 173 Å². The van der Waals surface area contributed by atoms with Gasteiger partial charge in [0, 0.05) is 85.6 Å². The van der Waals surface area contributed by atoms with Gasteiger partial charge < -0.3 is 15.1 Å². The highest BCUT2D eigenvalue weighted by Crippen LogP contribution is 2.49. The lowest BCUT2D eigenvalue weighted by Crippen LogP contribution is -2.68. The summed E-state index contributed by atoms with van der Waals surface area (Å²) in [6.07, 6.45) is 5.50. The van der Waals surface area contributed by atoms with Gasteiger partial charge in [-0.25, -0.2) is 0 Å². The predicted octanol–water partition coefficient (Wildman–Crippen LogP) is 8.73. The summed E-state index contributed by atoms with van der Waals surface area (Å²) >= 11 is 0. The number of nitrogens with one attached hydrogen (secondary N) is 1. The fraction of sp³-hybridized carbons (Fsp3) is 0.938. The number of piperidine rings is 5. The Bertz CT molecular complexity index is 1580. The monoisotopic (exact) mass is 897 g/mol. The Balaban J connectivity index is 1.62. The van der Waals surface area contributed by atoms with Gasteiger partial charge in [0.15, 0.2) is 0 Å². The van der Waals surface area contributed by atoms with Crippen LogP contribution in [0.3, 0.4) is 0 Å². The highest BCUT2D eigenvalue weighted by atomic mass is 16.5. The third-order valence-electron chi connectivity index (χ3n) is 15.9. The standard InChI is InChI=1S/C48H86N11O5/c1-39(2)21-31(22-40(3,4)55(39)60)49-36-50-37(53(32-23-41(5,6)56(61)42(7,8)24-32)33-25-43(9,10)57(62)44(11,12)26-33)52-38(51-36)54(34-27-45(13,14)58(63)46(15,16)28-34)35-29-47(17,18)59(64)48(19,20)30-35/h31-35H,21-30H2,1-20H3,(H,49,50,51,52). The van der Waals surface area contributed by atoms with Crippen molar-refractivity contribution in [3.63, 3.8) is 0 Å². The third kappa shape index (κ3) is 9.54. The van der Waals surface area contributed by atoms with E-state index in [1.165, 1.54) is 25.3 Å². The van der Waals surface area contributed by atoms with E-state index < -0.39 is 55.4 Å². The number of hydroxylamine groups is 10. The molecule has 0 saturated carbocycles. The molecule has 5 radical (unpaired) electrons. The SMILES string of the molecule is CC1(C)CC(Nc2nc(N(C3CC(C)(C)N([O])C(C)(C)C3)C3CC(C)(C)N([O])C(C)(C)C3)nc(N(C3CC(C)(C)N([O])C(C)(C)C3)C3CC(C)(C)N([O])C(C)(C)C3)n2)CC(C)(C)N1[O]. The third-order valence-corrected chi connectivity index (χ3v) is 15.9. The zero-order chi connectivity index (χ0) is 48.6. The number of hydrogen-bond donors (Lipinski definition) is 1. The summed E-state index contributed by atoms with van der Waals surface area (Å²) in [4.78, 5) is 21.1. The number of hydrogen-bond acceptors (Lipinski definition) is 11. The van der Waals surface area contributed by atoms with Crippen molar-refractivity contribution in [2.45, 2.75) is 288 Å². The first-order valence-electron chi connectivity index (χ1n) is 24.1. The van der Waals surface area contributed by atoms with Crippen molar-refractivity contribution in [2.24, 2.45) is 0 Å². The van der Waals surface area contributed by atoms with Crippen LogP contribution in [0.4, 0.5) is 17.8 Å². The summed E-state index contributed by atoms with van der Waals surface area (Å²) in [6.45, 7) is 40.1. The Kier molecular flexibility index (Phi) is 12.9. The summed E-state index contributed by atoms with van der Waals surface area (Å²) in [6, 6.07) is -0.846. The second-order valence-electron chi connectivity index (χ2n) is 27.2. The zero-order valence-electron chi connectivity index (χ0n) is 43.5. The van der Waals surface area contributed by atoms with Gasteiger partial charge in [-0.1, -0.05) is 0 Å². The van der Waals surface area contributed by atoms with Crippen molar-refractivity contribution in [3.8, 4) is 0 Å². The first kappa shape index (κ1) is 51.4. The highest BCUT2D eigenvalue weighted by Gasteiger charge is 2.56. The van der Waals surface area contributed by atoms with E-state index in [9.17, 15) is 26.0 Å². The number of anilines is 3. The molecular weight excluding hydrogens is 811 g/mol. The fourth-order valence-electron chi connectivity index (χ4n) is 14.1. The van der Waals surface area contributed by atoms with Crippen LogP contribution in [0, 0.1) is 0 Å². The molecule has 0 aromatic carbocycles. The molecule has 1 N–H and O–H groups in total. The highest BCUT2D eigenvalue weighted by molar-refractivity contribution is 5.50. The minimum absolute atomic E-state index is 0.147. The van der Waals surface area contributed by atoms with Crippen molar-refractivity contribution in [1.29, 1.82) is 0 Å². The van der Waals surface area contributed by atoms with Gasteiger partial charge >= 0.3 is 0 Å². The normalized spacial score (nSPS) is 30.3. The maximum Gasteiger partial charge on any atom is 0.232 e. The average Bonchev–Trinajstić information content (AvgIpc) is 3.09. The molecule has 1 aromatic rings. The van der Waals surface area contributed by atoms with E-state index in [0.717, 1.165) is 0 Å². The maximum atomic E-state index is 14.0. The van der Waals surface area contributed by atoms with Crippen molar-refractivity contribution >= 4 is 17.8 Å². The van der Waals surface area contributed by atoms with Crippen molar-refractivity contribution in [3.05, 3.63) is 0 Å². The molecular formula is C48H86N11O5. The summed E-state index contributed by atoms with van der Waals surface area (Å²) in [7, 11) is 0. The first-order chi connectivity index (χ1) is 28.7. The zero-order valence-corrected chi connectivity index (χ0v) is 43.5. The Morgan fingerprint density at radius 2 is 0.531 bits per heavy atom. The minimum Gasteiger partial charge on any atom is -0.351 e. The molecule has 16 nitrogen and oxygen atoms in total. The van der Waals surface area contributed by atoms with Crippen LogP contribution in [0.15, 0.2) is 0 Å². The van der Waals surface area contributed by atoms with Crippen LogP contribution in [0.2, 0.25) is 0 Å². The molecule has 16 heteroatoms. The van der Waals surface area contributed by atoms with Gasteiger partial charge in [-0.2, -0.15) is 15.0 Å². The molecule has 5 fully saturated rings. The van der Waals surface area contributed by atoms with Crippen molar-refractivity contribution in [1.82, 2.24) is 40.3 Å². The van der Waals surface area contributed by atoms with Gasteiger partial charge in [0.25, 0.3) is 0 Å². The van der Waals surface area contributed by atoms with Crippen LogP contribution >= 0.6 is 0 Å². The van der Waals surface area contributed by atoms with E-state index in [0.29, 0.717) is 82.1 Å². The van der Waals surface area contributed by atoms with Gasteiger partial charge in [-0.05, 0) is 203 Å². The van der Waals surface area contributed by atoms with E-state index in [2.05, 4.69) is 15.1 Å². The molecule has 0 unspecified atom stereocenters. The van der Waals surface area contributed by atoms with Crippen molar-refractivity contribution in [2.75, 3.05) is 15.1 Å². The predicted molar refractivity (Wildman–Crippen MR) is 247 cm³/mol. The minimum atomic E-state index is -0.714. The van der Waals surface area contributed by atoms with Crippen molar-refractivity contribution < 1.29 is 26.0 Å². The largest absolute Gasteiger partial charge is 0.351 e. The molecule has 0 bridgehead atoms. The Morgan fingerprint density at radius 1 is 0.344 bits per heavy atom. The Labute approximate surface area is 386 Å². The second-order valence-corrected chi connectivity index (χ2v) is 27.2. The molecule has 64 heavy (non-hydrogen) atoms. The molecule has 5 aliphatic rings. The molecule has 0 spiro atoms. The van der Waals surface area contributed by atoms with Gasteiger partial charge in [0.05, 0.1) is 0 Å². The molecule has 5 saturated heterocycles. The summed E-state index contributed by atoms with van der Waals surface area (Å²) in [5.74, 6) is 1.34. The van der Waals surface area contributed by atoms with E-state index in [4.69, 9.17) is 15.0 Å². The summed E-state index contributed by atoms with van der Waals surface area (Å²) in [5.41, 5.74) is -7.03. The number of aromatic nitrogens is 3. The van der Waals surface area contributed by atoms with Crippen LogP contribution < -0.4 is 15.1 Å².